The first-order valence-corrected chi connectivity index (χ1v) is 3.76. The first-order valence-electron chi connectivity index (χ1n) is 3.76. The summed E-state index contributed by atoms with van der Waals surface area (Å²) in [6.07, 6.45) is -4.58. The molecular formula is C8H6F3NO3. The van der Waals surface area contributed by atoms with Gasteiger partial charge in [0.2, 0.25) is 0 Å². The van der Waals surface area contributed by atoms with Crippen LogP contribution < -0.4 is 4.74 Å². The Morgan fingerprint density at radius 2 is 2.00 bits per heavy atom. The SMILES string of the molecule is COc1cc([N+](=O)[O-])ccc1C(F)(F)F. The summed E-state index contributed by atoms with van der Waals surface area (Å²) in [5, 5.41) is 10.3. The standard InChI is InChI=1S/C8H6F3NO3/c1-15-7-4-5(12(13)14)2-3-6(7)8(9,10)11/h2-4H,1H3. The summed E-state index contributed by atoms with van der Waals surface area (Å²) in [7, 11) is 1.02. The molecule has 15 heavy (non-hydrogen) atoms. The van der Waals surface area contributed by atoms with Gasteiger partial charge in [-0.25, -0.2) is 0 Å². The Kier molecular flexibility index (Phi) is 2.83. The van der Waals surface area contributed by atoms with Gasteiger partial charge in [0.05, 0.1) is 23.7 Å². The predicted octanol–water partition coefficient (Wildman–Crippen LogP) is 2.62. The van der Waals surface area contributed by atoms with Crippen LogP contribution in [-0.2, 0) is 6.18 Å². The van der Waals surface area contributed by atoms with Crippen LogP contribution in [0.15, 0.2) is 18.2 Å². The molecule has 0 N–H and O–H groups in total. The molecule has 0 fully saturated rings. The highest BCUT2D eigenvalue weighted by molar-refractivity contribution is 5.45. The lowest BCUT2D eigenvalue weighted by Crippen LogP contribution is -2.07. The number of hydrogen-bond acceptors (Lipinski definition) is 3. The predicted molar refractivity (Wildman–Crippen MR) is 44.7 cm³/mol. The van der Waals surface area contributed by atoms with E-state index in [1.54, 1.807) is 0 Å². The number of benzene rings is 1. The molecule has 0 spiro atoms. The molecule has 1 rings (SSSR count). The van der Waals surface area contributed by atoms with Crippen LogP contribution in [0, 0.1) is 10.1 Å². The number of rotatable bonds is 2. The molecule has 0 amide bonds. The van der Waals surface area contributed by atoms with Crippen LogP contribution in [0.25, 0.3) is 0 Å². The fourth-order valence-electron chi connectivity index (χ4n) is 1.03. The third kappa shape index (κ3) is 2.36. The van der Waals surface area contributed by atoms with E-state index >= 15 is 0 Å². The van der Waals surface area contributed by atoms with Gasteiger partial charge in [-0.15, -0.1) is 0 Å². The Morgan fingerprint density at radius 3 is 2.40 bits per heavy atom. The molecule has 0 atom stereocenters. The van der Waals surface area contributed by atoms with Crippen molar-refractivity contribution in [2.75, 3.05) is 7.11 Å². The third-order valence-electron chi connectivity index (χ3n) is 1.70. The van der Waals surface area contributed by atoms with Gasteiger partial charge in [0.1, 0.15) is 5.75 Å². The number of nitro benzene ring substituents is 1. The molecule has 0 radical (unpaired) electrons. The summed E-state index contributed by atoms with van der Waals surface area (Å²) in [4.78, 5) is 9.51. The van der Waals surface area contributed by atoms with Crippen LogP contribution in [0.2, 0.25) is 0 Å². The van der Waals surface area contributed by atoms with Gasteiger partial charge in [-0.05, 0) is 6.07 Å². The maximum Gasteiger partial charge on any atom is 0.419 e. The fourth-order valence-corrected chi connectivity index (χ4v) is 1.03. The normalized spacial score (nSPS) is 11.2. The highest BCUT2D eigenvalue weighted by Gasteiger charge is 2.35. The molecule has 0 heterocycles. The van der Waals surface area contributed by atoms with Crippen LogP contribution in [0.5, 0.6) is 5.75 Å². The van der Waals surface area contributed by atoms with E-state index < -0.39 is 28.1 Å². The highest BCUT2D eigenvalue weighted by Crippen LogP contribution is 2.37. The van der Waals surface area contributed by atoms with Gasteiger partial charge in [-0.1, -0.05) is 0 Å². The number of halogens is 3. The van der Waals surface area contributed by atoms with E-state index in [2.05, 4.69) is 4.74 Å². The van der Waals surface area contributed by atoms with Crippen molar-refractivity contribution in [2.45, 2.75) is 6.18 Å². The van der Waals surface area contributed by atoms with Gasteiger partial charge in [-0.3, -0.25) is 10.1 Å². The van der Waals surface area contributed by atoms with E-state index in [0.717, 1.165) is 19.2 Å². The van der Waals surface area contributed by atoms with Crippen molar-refractivity contribution in [1.29, 1.82) is 0 Å². The molecule has 0 aliphatic heterocycles. The van der Waals surface area contributed by atoms with E-state index in [9.17, 15) is 23.3 Å². The monoisotopic (exact) mass is 221 g/mol. The average molecular weight is 221 g/mol. The minimum Gasteiger partial charge on any atom is -0.496 e. The van der Waals surface area contributed by atoms with Crippen LogP contribution in [-0.4, -0.2) is 12.0 Å². The molecule has 0 saturated heterocycles. The van der Waals surface area contributed by atoms with Gasteiger partial charge >= 0.3 is 6.18 Å². The maximum atomic E-state index is 12.3. The Balaban J connectivity index is 3.27. The van der Waals surface area contributed by atoms with Crippen LogP contribution in [0.3, 0.4) is 0 Å². The van der Waals surface area contributed by atoms with E-state index in [1.807, 2.05) is 0 Å². The Morgan fingerprint density at radius 1 is 1.40 bits per heavy atom. The highest BCUT2D eigenvalue weighted by atomic mass is 19.4. The number of non-ortho nitro benzene ring substituents is 1. The lowest BCUT2D eigenvalue weighted by molar-refractivity contribution is -0.385. The lowest BCUT2D eigenvalue weighted by Gasteiger charge is -2.10. The summed E-state index contributed by atoms with van der Waals surface area (Å²) in [6.45, 7) is 0. The van der Waals surface area contributed by atoms with Gasteiger partial charge in [-0.2, -0.15) is 13.2 Å². The van der Waals surface area contributed by atoms with E-state index in [1.165, 1.54) is 0 Å². The number of methoxy groups -OCH3 is 1. The zero-order chi connectivity index (χ0) is 11.6. The second-order valence-corrected chi connectivity index (χ2v) is 2.64. The van der Waals surface area contributed by atoms with Crippen molar-refractivity contribution in [3.05, 3.63) is 33.9 Å². The molecule has 0 aliphatic carbocycles. The van der Waals surface area contributed by atoms with Crippen LogP contribution in [0.4, 0.5) is 18.9 Å². The van der Waals surface area contributed by atoms with Crippen molar-refractivity contribution in [2.24, 2.45) is 0 Å². The maximum absolute atomic E-state index is 12.3. The largest absolute Gasteiger partial charge is 0.496 e. The Hall–Kier alpha value is -1.79. The summed E-state index contributed by atoms with van der Waals surface area (Å²) in [6, 6.07) is 2.14. The van der Waals surface area contributed by atoms with Crippen molar-refractivity contribution in [3.8, 4) is 5.75 Å². The van der Waals surface area contributed by atoms with E-state index in [0.29, 0.717) is 6.07 Å². The number of hydrogen-bond donors (Lipinski definition) is 0. The molecule has 0 saturated carbocycles. The third-order valence-corrected chi connectivity index (χ3v) is 1.70. The number of ether oxygens (including phenoxy) is 1. The second kappa shape index (κ2) is 3.76. The van der Waals surface area contributed by atoms with Crippen LogP contribution in [0.1, 0.15) is 5.56 Å². The minimum atomic E-state index is -4.58. The smallest absolute Gasteiger partial charge is 0.419 e. The van der Waals surface area contributed by atoms with Crippen molar-refractivity contribution in [3.63, 3.8) is 0 Å². The first kappa shape index (κ1) is 11.3. The molecule has 1 aromatic rings. The first-order chi connectivity index (χ1) is 6.86. The average Bonchev–Trinajstić information content (AvgIpc) is 2.15. The number of nitro groups is 1. The summed E-state index contributed by atoms with van der Waals surface area (Å²) in [5.41, 5.74) is -1.48. The van der Waals surface area contributed by atoms with Crippen molar-refractivity contribution >= 4 is 5.69 Å². The zero-order valence-corrected chi connectivity index (χ0v) is 7.54. The fraction of sp³-hybridized carbons (Fsp3) is 0.250. The van der Waals surface area contributed by atoms with E-state index in [-0.39, 0.29) is 0 Å². The minimum absolute atomic E-state index is 0.445. The van der Waals surface area contributed by atoms with Gasteiger partial charge in [0, 0.05) is 6.07 Å². The molecule has 1 aromatic carbocycles. The Bertz CT molecular complexity index is 389. The van der Waals surface area contributed by atoms with Crippen molar-refractivity contribution < 1.29 is 22.8 Å². The molecule has 0 unspecified atom stereocenters. The number of alkyl halides is 3. The summed E-state index contributed by atoms with van der Waals surface area (Å²) >= 11 is 0. The molecule has 0 aromatic heterocycles. The molecule has 0 bridgehead atoms. The van der Waals surface area contributed by atoms with Gasteiger partial charge < -0.3 is 4.74 Å². The topological polar surface area (TPSA) is 52.4 Å². The molecular weight excluding hydrogens is 215 g/mol. The summed E-state index contributed by atoms with van der Waals surface area (Å²) < 4.78 is 41.4. The molecule has 7 heteroatoms. The van der Waals surface area contributed by atoms with Crippen LogP contribution >= 0.6 is 0 Å². The van der Waals surface area contributed by atoms with E-state index in [4.69, 9.17) is 0 Å². The summed E-state index contributed by atoms with van der Waals surface area (Å²) in [5.74, 6) is -0.559. The molecule has 4 nitrogen and oxygen atoms in total. The lowest BCUT2D eigenvalue weighted by atomic mass is 10.2. The van der Waals surface area contributed by atoms with Crippen molar-refractivity contribution in [1.82, 2.24) is 0 Å². The Labute approximate surface area is 82.4 Å². The zero-order valence-electron chi connectivity index (χ0n) is 7.54. The van der Waals surface area contributed by atoms with Gasteiger partial charge in [0.25, 0.3) is 5.69 Å². The second-order valence-electron chi connectivity index (χ2n) is 2.64. The quantitative estimate of drug-likeness (QED) is 0.569. The molecule has 82 valence electrons. The number of nitrogens with zero attached hydrogens (tertiary/aromatic N) is 1. The molecule has 0 aliphatic rings. The van der Waals surface area contributed by atoms with Gasteiger partial charge in [0.15, 0.2) is 0 Å².